The van der Waals surface area contributed by atoms with E-state index in [1.165, 1.54) is 24.3 Å². The van der Waals surface area contributed by atoms with E-state index in [1.54, 1.807) is 0 Å². The zero-order chi connectivity index (χ0) is 23.2. The standard InChI is InChI=1S/C22H4Cl6O4/c23-9-3-12(26)18(28)16-13(9)19(29)5-1-7-6(2-8(5)22(16)32)20(30)14-10(24)4-11(25)17(27)15(14)21(7)31/h1-4H. The van der Waals surface area contributed by atoms with E-state index >= 15 is 0 Å². The van der Waals surface area contributed by atoms with Crippen LogP contribution in [0.15, 0.2) is 43.4 Å². The second-order valence-electron chi connectivity index (χ2n) is 7.07. The molecule has 0 atom stereocenters. The van der Waals surface area contributed by atoms with Crippen LogP contribution in [0.5, 0.6) is 0 Å². The predicted molar refractivity (Wildman–Crippen MR) is 134 cm³/mol. The van der Waals surface area contributed by atoms with Crippen molar-refractivity contribution in [2.75, 3.05) is 0 Å². The van der Waals surface area contributed by atoms with Crippen LogP contribution in [-0.4, -0.2) is 0 Å². The summed E-state index contributed by atoms with van der Waals surface area (Å²) in [6, 6.07) is 4.88. The minimum absolute atomic E-state index is 0.00328. The van der Waals surface area contributed by atoms with Crippen LogP contribution in [-0.2, 0) is 0 Å². The fourth-order valence-corrected chi connectivity index (χ4v) is 5.52. The summed E-state index contributed by atoms with van der Waals surface area (Å²) in [6.45, 7) is 0. The first kappa shape index (κ1) is 21.9. The Hall–Kier alpha value is -1.92. The van der Waals surface area contributed by atoms with Crippen molar-refractivity contribution in [1.29, 1.82) is 0 Å². The first-order valence-corrected chi connectivity index (χ1v) is 11.0. The Morgan fingerprint density at radius 2 is 0.656 bits per heavy atom. The summed E-state index contributed by atoms with van der Waals surface area (Å²) in [4.78, 5) is 53.0. The quantitative estimate of drug-likeness (QED) is 0.164. The van der Waals surface area contributed by atoms with Gasteiger partial charge in [0, 0.05) is 21.5 Å². The molecule has 158 valence electrons. The average Bonchev–Trinajstić information content (AvgIpc) is 2.74. The van der Waals surface area contributed by atoms with Crippen molar-refractivity contribution in [3.05, 3.63) is 95.3 Å². The lowest BCUT2D eigenvalue weighted by Crippen LogP contribution is -2.18. The Kier molecular flexibility index (Phi) is 4.99. The van der Waals surface area contributed by atoms with Crippen molar-refractivity contribution < 1.29 is 0 Å². The van der Waals surface area contributed by atoms with Crippen molar-refractivity contribution in [1.82, 2.24) is 0 Å². The third kappa shape index (κ3) is 2.78. The van der Waals surface area contributed by atoms with E-state index in [2.05, 4.69) is 0 Å². The normalized spacial score (nSPS) is 11.9. The highest BCUT2D eigenvalue weighted by Gasteiger charge is 2.22. The van der Waals surface area contributed by atoms with Crippen molar-refractivity contribution >= 4 is 113 Å². The SMILES string of the molecule is O=c1c2cc3c(=O)c4c(Cl)c(Cl)cc(Cl)c4c(=O)c3cc2c(=O)c2c(Cl)c(Cl)cc(Cl)c12. The molecule has 0 radical (unpaired) electrons. The van der Waals surface area contributed by atoms with Crippen LogP contribution in [0.2, 0.25) is 30.1 Å². The Bertz CT molecular complexity index is 1780. The highest BCUT2D eigenvalue weighted by Crippen LogP contribution is 2.36. The number of benzene rings is 5. The van der Waals surface area contributed by atoms with Gasteiger partial charge >= 0.3 is 0 Å². The molecule has 5 aromatic carbocycles. The molecule has 0 N–H and O–H groups in total. The van der Waals surface area contributed by atoms with Gasteiger partial charge in [0.2, 0.25) is 0 Å². The van der Waals surface area contributed by atoms with Gasteiger partial charge in [-0.1, -0.05) is 69.6 Å². The summed E-state index contributed by atoms with van der Waals surface area (Å²) >= 11 is 36.8. The lowest BCUT2D eigenvalue weighted by molar-refractivity contribution is 1.64. The van der Waals surface area contributed by atoms with Crippen molar-refractivity contribution in [2.45, 2.75) is 0 Å². The molecule has 0 spiro atoms. The zero-order valence-corrected chi connectivity index (χ0v) is 19.7. The summed E-state index contributed by atoms with van der Waals surface area (Å²) in [7, 11) is 0. The van der Waals surface area contributed by atoms with Gasteiger partial charge in [-0.15, -0.1) is 0 Å². The van der Waals surface area contributed by atoms with Gasteiger partial charge in [-0.2, -0.15) is 0 Å². The average molecular weight is 545 g/mol. The van der Waals surface area contributed by atoms with Gasteiger partial charge in [0.05, 0.1) is 51.7 Å². The molecular weight excluding hydrogens is 541 g/mol. The van der Waals surface area contributed by atoms with E-state index in [4.69, 9.17) is 69.6 Å². The molecule has 0 amide bonds. The van der Waals surface area contributed by atoms with Crippen LogP contribution in [0, 0.1) is 0 Å². The minimum Gasteiger partial charge on any atom is -0.289 e. The van der Waals surface area contributed by atoms with E-state index in [1.807, 2.05) is 0 Å². The van der Waals surface area contributed by atoms with Gasteiger partial charge in [0.15, 0.2) is 21.7 Å². The molecule has 10 heteroatoms. The van der Waals surface area contributed by atoms with Crippen LogP contribution in [0.3, 0.4) is 0 Å². The van der Waals surface area contributed by atoms with E-state index < -0.39 is 21.7 Å². The monoisotopic (exact) mass is 542 g/mol. The van der Waals surface area contributed by atoms with Crippen LogP contribution < -0.4 is 21.7 Å². The largest absolute Gasteiger partial charge is 0.289 e. The Labute approximate surface area is 207 Å². The molecule has 0 aliphatic heterocycles. The molecule has 32 heavy (non-hydrogen) atoms. The van der Waals surface area contributed by atoms with Gasteiger partial charge in [-0.05, 0) is 24.3 Å². The molecule has 0 unspecified atom stereocenters. The lowest BCUT2D eigenvalue weighted by Gasteiger charge is -2.09. The maximum Gasteiger partial charge on any atom is 0.196 e. The number of fused-ring (bicyclic) bond motifs is 4. The number of hydrogen-bond donors (Lipinski definition) is 0. The van der Waals surface area contributed by atoms with Crippen LogP contribution >= 0.6 is 69.6 Å². The maximum absolute atomic E-state index is 13.2. The Balaban J connectivity index is 2.16. The number of rotatable bonds is 0. The summed E-state index contributed by atoms with van der Waals surface area (Å²) in [5, 5.41) is -1.40. The highest BCUT2D eigenvalue weighted by molar-refractivity contribution is 6.49. The number of halogens is 6. The molecule has 0 aliphatic carbocycles. The maximum atomic E-state index is 13.2. The van der Waals surface area contributed by atoms with E-state index in [0.717, 1.165) is 0 Å². The summed E-state index contributed by atoms with van der Waals surface area (Å²) in [6.07, 6.45) is 0. The van der Waals surface area contributed by atoms with E-state index in [-0.39, 0.29) is 73.2 Å². The topological polar surface area (TPSA) is 68.3 Å². The van der Waals surface area contributed by atoms with Gasteiger partial charge in [-0.3, -0.25) is 19.2 Å². The molecule has 0 aromatic heterocycles. The molecule has 5 rings (SSSR count). The second-order valence-corrected chi connectivity index (χ2v) is 9.45. The summed E-state index contributed by atoms with van der Waals surface area (Å²) in [5.74, 6) is 0. The van der Waals surface area contributed by atoms with Crippen LogP contribution in [0.4, 0.5) is 0 Å². The molecular formula is C22H4Cl6O4. The van der Waals surface area contributed by atoms with E-state index in [0.29, 0.717) is 0 Å². The van der Waals surface area contributed by atoms with E-state index in [9.17, 15) is 19.2 Å². The highest BCUT2D eigenvalue weighted by atomic mass is 35.5. The van der Waals surface area contributed by atoms with Gasteiger partial charge < -0.3 is 0 Å². The van der Waals surface area contributed by atoms with Gasteiger partial charge in [-0.25, -0.2) is 0 Å². The predicted octanol–water partition coefficient (Wildman–Crippen LogP) is 6.54. The summed E-state index contributed by atoms with van der Waals surface area (Å²) in [5.41, 5.74) is -2.58. The van der Waals surface area contributed by atoms with Crippen LogP contribution in [0.1, 0.15) is 0 Å². The molecule has 0 bridgehead atoms. The molecule has 0 heterocycles. The third-order valence-corrected chi connectivity index (χ3v) is 7.56. The third-order valence-electron chi connectivity index (χ3n) is 5.39. The molecule has 0 aliphatic rings. The molecule has 0 fully saturated rings. The van der Waals surface area contributed by atoms with Crippen molar-refractivity contribution in [2.24, 2.45) is 0 Å². The lowest BCUT2D eigenvalue weighted by atomic mass is 9.96. The molecule has 5 aromatic rings. The smallest absolute Gasteiger partial charge is 0.196 e. The van der Waals surface area contributed by atoms with Crippen molar-refractivity contribution in [3.63, 3.8) is 0 Å². The van der Waals surface area contributed by atoms with Crippen molar-refractivity contribution in [3.8, 4) is 0 Å². The molecule has 4 nitrogen and oxygen atoms in total. The first-order valence-electron chi connectivity index (χ1n) is 8.76. The Morgan fingerprint density at radius 3 is 0.969 bits per heavy atom. The minimum atomic E-state index is -0.655. The zero-order valence-electron chi connectivity index (χ0n) is 15.2. The van der Waals surface area contributed by atoms with Gasteiger partial charge in [0.1, 0.15) is 0 Å². The molecule has 0 saturated heterocycles. The number of hydrogen-bond acceptors (Lipinski definition) is 4. The first-order chi connectivity index (χ1) is 15.0. The fraction of sp³-hybridized carbons (Fsp3) is 0. The molecule has 0 saturated carbocycles. The Morgan fingerprint density at radius 1 is 0.375 bits per heavy atom. The van der Waals surface area contributed by atoms with Gasteiger partial charge in [0.25, 0.3) is 0 Å². The summed E-state index contributed by atoms with van der Waals surface area (Å²) < 4.78 is 0. The fourth-order valence-electron chi connectivity index (χ4n) is 3.95. The second kappa shape index (κ2) is 7.29. The van der Waals surface area contributed by atoms with Crippen LogP contribution in [0.25, 0.3) is 43.1 Å².